The molecule has 0 saturated carbocycles. The Balaban J connectivity index is 0.710. The minimum Gasteiger partial charge on any atom is -0.468 e. The fourth-order valence-corrected chi connectivity index (χ4v) is 22.0. The number of aryl methyl sites for hydroxylation is 1. The minimum atomic E-state index is -2.37. The van der Waals surface area contributed by atoms with E-state index < -0.39 is 42.9 Å². The van der Waals surface area contributed by atoms with Crippen LogP contribution in [0, 0.1) is 34.9 Å². The number of hydrogen-bond donors (Lipinski definition) is 1. The third-order valence-electron chi connectivity index (χ3n) is 21.8. The number of imidazole rings is 1. The van der Waals surface area contributed by atoms with Crippen LogP contribution in [-0.4, -0.2) is 174 Å². The van der Waals surface area contributed by atoms with E-state index in [0.29, 0.717) is 103 Å². The number of fused-ring (bicyclic) bond motifs is 5. The fraction of sp³-hybridized carbons (Fsp3) is 0.603. The maximum atomic E-state index is 18.2. The molecule has 2 bridgehead atoms. The number of halogens is 3. The van der Waals surface area contributed by atoms with Crippen LogP contribution in [0.15, 0.2) is 53.5 Å². The molecule has 3 aromatic carbocycles. The van der Waals surface area contributed by atoms with Gasteiger partial charge in [-0.2, -0.15) is 9.97 Å². The van der Waals surface area contributed by atoms with E-state index in [1.54, 1.807) is 36.0 Å². The lowest BCUT2D eigenvalue weighted by molar-refractivity contribution is -0.135. The average molecular weight is 1340 g/mol. The van der Waals surface area contributed by atoms with E-state index in [9.17, 15) is 19.2 Å². The normalized spacial score (nSPS) is 21.1. The van der Waals surface area contributed by atoms with Gasteiger partial charge in [0.1, 0.15) is 60.6 Å². The van der Waals surface area contributed by atoms with Crippen LogP contribution in [0.3, 0.4) is 0 Å². The van der Waals surface area contributed by atoms with E-state index in [-0.39, 0.29) is 94.6 Å². The van der Waals surface area contributed by atoms with Crippen molar-refractivity contribution >= 4 is 70.2 Å². The van der Waals surface area contributed by atoms with Crippen molar-refractivity contribution in [2.24, 2.45) is 18.9 Å². The average Bonchev–Trinajstić information content (AvgIpc) is 1.29. The van der Waals surface area contributed by atoms with Gasteiger partial charge in [-0.1, -0.05) is 53.5 Å². The van der Waals surface area contributed by atoms with Crippen molar-refractivity contribution in [3.63, 3.8) is 0 Å². The van der Waals surface area contributed by atoms with Gasteiger partial charge >= 0.3 is 17.8 Å². The molecule has 3 amide bonds. The predicted molar refractivity (Wildman–Crippen MR) is 370 cm³/mol. The monoisotopic (exact) mass is 1340 g/mol. The highest BCUT2D eigenvalue weighted by molar-refractivity contribution is 6.90. The molecular weight excluding hydrogens is 1240 g/mol. The number of anilines is 2. The zero-order valence-electron chi connectivity index (χ0n) is 57.9. The number of carbonyl (C=O) groups is 3. The first-order chi connectivity index (χ1) is 45.8. The standard InChI is InChI=1S/C73H96F3N11O8Si/c1-45(2)96(46(3)4,47(5)6)35-24-55-58(74)16-12-50-36-54(94-44-92-11)38-56(63(50)55)65-64(75)66-57(40-77-65)67(85-42-52-13-14-53(43-85)86(52)71(91)95-72(7,8)9)80-69(79-66)93-34-33-82-31-25-73(76,26-32-82)39-48-20-27-83(28-21-48)41-49-22-29-84(30-23-49)51-15-17-59-61(37-51)81(10)70(90)87(59)60-18-19-62(88)78-68(60)89/h12,15-17,36-38,40,45-49,52-53,60H,13-14,18-23,25-34,39,41-44H2,1-11H3,(H,78,88,89). The smallest absolute Gasteiger partial charge is 0.410 e. The van der Waals surface area contributed by atoms with E-state index in [1.807, 2.05) is 43.9 Å². The number of pyridine rings is 1. The molecule has 6 aromatic rings. The highest BCUT2D eigenvalue weighted by Gasteiger charge is 2.46. The summed E-state index contributed by atoms with van der Waals surface area (Å²) in [5.41, 5.74) is 5.15. The zero-order chi connectivity index (χ0) is 68.1. The van der Waals surface area contributed by atoms with Crippen LogP contribution in [0.5, 0.6) is 11.8 Å². The number of amides is 3. The number of rotatable bonds is 18. The summed E-state index contributed by atoms with van der Waals surface area (Å²) in [4.78, 5) is 77.3. The van der Waals surface area contributed by atoms with Crippen LogP contribution in [0.4, 0.5) is 29.5 Å². The molecule has 0 spiro atoms. The molecule has 6 aliphatic rings. The molecule has 12 rings (SSSR count). The quantitative estimate of drug-likeness (QED) is 0.0371. The van der Waals surface area contributed by atoms with Crippen molar-refractivity contribution in [3.8, 4) is 34.5 Å². The first kappa shape index (κ1) is 68.7. The van der Waals surface area contributed by atoms with Crippen molar-refractivity contribution in [2.75, 3.05) is 95.8 Å². The molecule has 19 nitrogen and oxygen atoms in total. The van der Waals surface area contributed by atoms with Gasteiger partial charge in [-0.25, -0.2) is 22.8 Å². The Labute approximate surface area is 562 Å². The molecule has 23 heteroatoms. The third-order valence-corrected chi connectivity index (χ3v) is 28.1. The summed E-state index contributed by atoms with van der Waals surface area (Å²) in [6.45, 7) is 26.1. The molecule has 6 aliphatic heterocycles. The molecule has 0 radical (unpaired) electrons. The van der Waals surface area contributed by atoms with E-state index in [1.165, 1.54) is 17.7 Å². The second kappa shape index (κ2) is 27.9. The number of nitrogens with one attached hydrogen (secondary N) is 1. The second-order valence-electron chi connectivity index (χ2n) is 30.0. The van der Waals surface area contributed by atoms with Crippen LogP contribution in [0.2, 0.25) is 16.6 Å². The Morgan fingerprint density at radius 1 is 0.802 bits per heavy atom. The summed E-state index contributed by atoms with van der Waals surface area (Å²) < 4.78 is 78.4. The lowest BCUT2D eigenvalue weighted by Crippen LogP contribution is -2.57. The van der Waals surface area contributed by atoms with Crippen LogP contribution < -0.4 is 30.3 Å². The Morgan fingerprint density at radius 2 is 1.49 bits per heavy atom. The summed E-state index contributed by atoms with van der Waals surface area (Å²) in [6.07, 6.45) is 8.67. The molecule has 6 fully saturated rings. The number of hydrogen-bond acceptors (Lipinski definition) is 15. The van der Waals surface area contributed by atoms with Gasteiger partial charge in [0.05, 0.1) is 34.1 Å². The van der Waals surface area contributed by atoms with Crippen molar-refractivity contribution in [1.82, 2.24) is 44.1 Å². The molecule has 0 aliphatic carbocycles. The van der Waals surface area contributed by atoms with E-state index in [0.717, 1.165) is 82.5 Å². The number of alkyl halides is 1. The molecule has 516 valence electrons. The maximum absolute atomic E-state index is 18.2. The first-order valence-corrected chi connectivity index (χ1v) is 37.1. The highest BCUT2D eigenvalue weighted by atomic mass is 28.3. The lowest BCUT2D eigenvalue weighted by Gasteiger charge is -2.42. The molecule has 3 unspecified atom stereocenters. The van der Waals surface area contributed by atoms with Crippen molar-refractivity contribution < 1.29 is 46.5 Å². The lowest BCUT2D eigenvalue weighted by atomic mass is 9.80. The van der Waals surface area contributed by atoms with Gasteiger partial charge in [0.15, 0.2) is 12.6 Å². The van der Waals surface area contributed by atoms with Crippen molar-refractivity contribution in [3.05, 3.63) is 76.3 Å². The summed E-state index contributed by atoms with van der Waals surface area (Å²) in [6, 6.07) is 11.3. The van der Waals surface area contributed by atoms with Gasteiger partial charge < -0.3 is 33.6 Å². The van der Waals surface area contributed by atoms with Gasteiger partial charge in [0, 0.05) is 95.8 Å². The van der Waals surface area contributed by atoms with Gasteiger partial charge in [-0.15, -0.1) is 5.54 Å². The number of nitrogens with zero attached hydrogens (tertiary/aromatic N) is 10. The van der Waals surface area contributed by atoms with Gasteiger partial charge in [0.2, 0.25) is 11.8 Å². The minimum absolute atomic E-state index is 0.0354. The zero-order valence-corrected chi connectivity index (χ0v) is 58.9. The summed E-state index contributed by atoms with van der Waals surface area (Å²) in [7, 11) is 0.870. The van der Waals surface area contributed by atoms with Gasteiger partial charge in [-0.3, -0.25) is 38.8 Å². The predicted octanol–water partition coefficient (Wildman–Crippen LogP) is 12.1. The number of benzene rings is 3. The SMILES string of the molecule is COCOc1cc(-c2ncc3c(N4CC5CCC(C4)N5C(=O)OC(C)(C)C)nc(OCCN4CCC(F)(CC5CCN(CC6CCN(c7ccc8c(c7)n(C)c(=O)n8C7CCC(=O)NC7=O)CC6)CC5)CC4)nc3c2F)c2c(C#C[Si](C(C)C)(C(C)C)C(C)C)c(F)ccc2c1. The van der Waals surface area contributed by atoms with Crippen molar-refractivity contribution in [1.29, 1.82) is 0 Å². The Hall–Kier alpha value is -7.26. The van der Waals surface area contributed by atoms with Gasteiger partial charge in [-0.05, 0) is 168 Å². The van der Waals surface area contributed by atoms with E-state index in [4.69, 9.17) is 33.9 Å². The van der Waals surface area contributed by atoms with Crippen molar-refractivity contribution in [2.45, 2.75) is 179 Å². The van der Waals surface area contributed by atoms with Gasteiger partial charge in [0.25, 0.3) is 0 Å². The first-order valence-electron chi connectivity index (χ1n) is 34.9. The number of likely N-dealkylation sites (tertiary alicyclic amines) is 2. The number of aromatic nitrogens is 5. The molecule has 3 atom stereocenters. The highest BCUT2D eigenvalue weighted by Crippen LogP contribution is 2.45. The number of imide groups is 1. The second-order valence-corrected chi connectivity index (χ2v) is 35.5. The molecular formula is C73H96F3N11O8Si. The number of methoxy groups -OCH3 is 1. The Kier molecular flexibility index (Phi) is 20.0. The summed E-state index contributed by atoms with van der Waals surface area (Å²) in [5.74, 6) is 2.98. The maximum Gasteiger partial charge on any atom is 0.410 e. The summed E-state index contributed by atoms with van der Waals surface area (Å²) in [5, 5.41) is 3.72. The summed E-state index contributed by atoms with van der Waals surface area (Å²) >= 11 is 0. The number of piperazine rings is 1. The van der Waals surface area contributed by atoms with E-state index >= 15 is 13.2 Å². The topological polar surface area (TPSA) is 182 Å². The molecule has 3 aromatic heterocycles. The molecule has 96 heavy (non-hydrogen) atoms. The van der Waals surface area contributed by atoms with Crippen LogP contribution >= 0.6 is 0 Å². The van der Waals surface area contributed by atoms with Crippen LogP contribution in [0.1, 0.15) is 145 Å². The number of carbonyl (C=O) groups excluding carboxylic acids is 3. The molecule has 6 saturated heterocycles. The van der Waals surface area contributed by atoms with Crippen LogP contribution in [-0.2, 0) is 26.1 Å². The fourth-order valence-electron chi connectivity index (χ4n) is 16.8. The molecule has 1 N–H and O–H groups in total. The molecule has 9 heterocycles. The number of ether oxygens (including phenoxy) is 4. The van der Waals surface area contributed by atoms with Crippen LogP contribution in [0.25, 0.3) is 44.0 Å². The third kappa shape index (κ3) is 14.0. The Morgan fingerprint density at radius 3 is 2.15 bits per heavy atom. The number of piperidine rings is 4. The Bertz CT molecular complexity index is 3990. The largest absolute Gasteiger partial charge is 0.468 e. The van der Waals surface area contributed by atoms with E-state index in [2.05, 4.69) is 77.9 Å².